The molecule has 2 heterocycles. The molecule has 25 heavy (non-hydrogen) atoms. The Balaban J connectivity index is 1.89. The molecule has 2 amide bonds. The second kappa shape index (κ2) is 6.31. The Labute approximate surface area is 143 Å². The van der Waals surface area contributed by atoms with Crippen molar-refractivity contribution in [2.75, 3.05) is 0 Å². The Morgan fingerprint density at radius 2 is 1.96 bits per heavy atom. The lowest BCUT2D eigenvalue weighted by molar-refractivity contribution is 0.0945. The zero-order chi connectivity index (χ0) is 18.1. The summed E-state index contributed by atoms with van der Waals surface area (Å²) in [5, 5.41) is 7.09. The van der Waals surface area contributed by atoms with Gasteiger partial charge in [-0.15, -0.1) is 0 Å². The fourth-order valence-corrected chi connectivity index (χ4v) is 2.53. The SMILES string of the molecule is Cc1cc(C(=O)NCc2noc(C(N)=O)n2)c2ccc(C)c(C)c2n1. The van der Waals surface area contributed by atoms with Crippen LogP contribution < -0.4 is 11.1 Å². The Bertz CT molecular complexity index is 993. The third-order valence-electron chi connectivity index (χ3n) is 3.96. The van der Waals surface area contributed by atoms with Crippen LogP contribution in [-0.2, 0) is 6.54 Å². The maximum absolute atomic E-state index is 12.6. The monoisotopic (exact) mass is 339 g/mol. The number of pyridine rings is 1. The van der Waals surface area contributed by atoms with Crippen molar-refractivity contribution in [2.45, 2.75) is 27.3 Å². The Morgan fingerprint density at radius 3 is 2.64 bits per heavy atom. The fraction of sp³-hybridized carbons (Fsp3) is 0.235. The van der Waals surface area contributed by atoms with Crippen molar-refractivity contribution >= 4 is 22.7 Å². The van der Waals surface area contributed by atoms with Crippen LogP contribution in [0.5, 0.6) is 0 Å². The van der Waals surface area contributed by atoms with Crippen LogP contribution in [0.2, 0.25) is 0 Å². The molecule has 0 aliphatic carbocycles. The summed E-state index contributed by atoms with van der Waals surface area (Å²) < 4.78 is 4.69. The summed E-state index contributed by atoms with van der Waals surface area (Å²) in [5.41, 5.74) is 9.28. The van der Waals surface area contributed by atoms with Gasteiger partial charge < -0.3 is 15.6 Å². The molecule has 0 aliphatic rings. The van der Waals surface area contributed by atoms with Gasteiger partial charge in [0.1, 0.15) is 0 Å². The third-order valence-corrected chi connectivity index (χ3v) is 3.96. The molecule has 0 bridgehead atoms. The summed E-state index contributed by atoms with van der Waals surface area (Å²) >= 11 is 0. The van der Waals surface area contributed by atoms with E-state index >= 15 is 0 Å². The highest BCUT2D eigenvalue weighted by Crippen LogP contribution is 2.24. The van der Waals surface area contributed by atoms with Gasteiger partial charge >= 0.3 is 11.8 Å². The molecule has 0 aliphatic heterocycles. The quantitative estimate of drug-likeness (QED) is 0.743. The van der Waals surface area contributed by atoms with Crippen molar-refractivity contribution < 1.29 is 14.1 Å². The maximum atomic E-state index is 12.6. The molecule has 2 aromatic heterocycles. The molecular weight excluding hydrogens is 322 g/mol. The van der Waals surface area contributed by atoms with Crippen LogP contribution in [0.3, 0.4) is 0 Å². The van der Waals surface area contributed by atoms with Gasteiger partial charge in [-0.05, 0) is 38.0 Å². The molecule has 8 heteroatoms. The lowest BCUT2D eigenvalue weighted by Crippen LogP contribution is -2.24. The number of nitrogens with zero attached hydrogens (tertiary/aromatic N) is 3. The lowest BCUT2D eigenvalue weighted by atomic mass is 10.0. The Hall–Kier alpha value is -3.29. The number of carbonyl (C=O) groups is 2. The van der Waals surface area contributed by atoms with Crippen LogP contribution >= 0.6 is 0 Å². The summed E-state index contributed by atoms with van der Waals surface area (Å²) in [4.78, 5) is 31.9. The molecular formula is C17H17N5O3. The summed E-state index contributed by atoms with van der Waals surface area (Å²) in [7, 11) is 0. The minimum atomic E-state index is -0.813. The van der Waals surface area contributed by atoms with Gasteiger partial charge in [0, 0.05) is 11.1 Å². The second-order valence-corrected chi connectivity index (χ2v) is 5.78. The zero-order valence-electron chi connectivity index (χ0n) is 14.1. The number of hydrogen-bond acceptors (Lipinski definition) is 6. The molecule has 3 aromatic rings. The maximum Gasteiger partial charge on any atom is 0.315 e. The Morgan fingerprint density at radius 1 is 1.20 bits per heavy atom. The molecule has 1 aromatic carbocycles. The number of nitrogens with two attached hydrogens (primary N) is 1. The van der Waals surface area contributed by atoms with Crippen LogP contribution in [0, 0.1) is 20.8 Å². The van der Waals surface area contributed by atoms with E-state index in [1.54, 1.807) is 6.07 Å². The van der Waals surface area contributed by atoms with Crippen molar-refractivity contribution in [3.63, 3.8) is 0 Å². The predicted molar refractivity (Wildman–Crippen MR) is 89.9 cm³/mol. The predicted octanol–water partition coefficient (Wildman–Crippen LogP) is 1.57. The fourth-order valence-electron chi connectivity index (χ4n) is 2.53. The van der Waals surface area contributed by atoms with Crippen molar-refractivity contribution in [3.8, 4) is 0 Å². The van der Waals surface area contributed by atoms with Crippen LogP contribution in [-0.4, -0.2) is 26.9 Å². The first-order chi connectivity index (χ1) is 11.9. The highest BCUT2D eigenvalue weighted by molar-refractivity contribution is 6.07. The molecule has 0 spiro atoms. The molecule has 128 valence electrons. The largest absolute Gasteiger partial charge is 0.361 e. The molecule has 3 N–H and O–H groups in total. The number of fused-ring (bicyclic) bond motifs is 1. The first-order valence-corrected chi connectivity index (χ1v) is 7.65. The van der Waals surface area contributed by atoms with Gasteiger partial charge in [-0.1, -0.05) is 17.3 Å². The van der Waals surface area contributed by atoms with Gasteiger partial charge in [-0.3, -0.25) is 14.6 Å². The van der Waals surface area contributed by atoms with Gasteiger partial charge in [-0.2, -0.15) is 4.98 Å². The number of carbonyl (C=O) groups excluding carboxylic acids is 2. The van der Waals surface area contributed by atoms with Gasteiger partial charge in [0.2, 0.25) is 0 Å². The normalized spacial score (nSPS) is 10.8. The van der Waals surface area contributed by atoms with Crippen molar-refractivity contribution in [1.29, 1.82) is 0 Å². The number of nitrogens with one attached hydrogen (secondary N) is 1. The standard InChI is InChI=1S/C17H17N5O3/c1-8-4-5-11-12(6-9(2)20-14(11)10(8)3)16(24)19-7-13-21-17(15(18)23)25-22-13/h4-6H,7H2,1-3H3,(H2,18,23)(H,19,24). The van der Waals surface area contributed by atoms with E-state index in [-0.39, 0.29) is 24.2 Å². The molecule has 0 unspecified atom stereocenters. The zero-order valence-corrected chi connectivity index (χ0v) is 14.1. The van der Waals surface area contributed by atoms with E-state index in [0.717, 1.165) is 27.7 Å². The number of hydrogen-bond donors (Lipinski definition) is 2. The molecule has 3 rings (SSSR count). The highest BCUT2D eigenvalue weighted by Gasteiger charge is 2.16. The van der Waals surface area contributed by atoms with Crippen LogP contribution in [0.25, 0.3) is 10.9 Å². The number of amides is 2. The van der Waals surface area contributed by atoms with Crippen LogP contribution in [0.1, 0.15) is 43.7 Å². The van der Waals surface area contributed by atoms with Crippen LogP contribution in [0.15, 0.2) is 22.7 Å². The Kier molecular flexibility index (Phi) is 4.18. The number of aromatic nitrogens is 3. The van der Waals surface area contributed by atoms with Gasteiger partial charge in [-0.25, -0.2) is 0 Å². The number of primary amides is 1. The summed E-state index contributed by atoms with van der Waals surface area (Å²) in [6, 6.07) is 5.58. The summed E-state index contributed by atoms with van der Waals surface area (Å²) in [5.74, 6) is -1.22. The minimum absolute atomic E-state index is 0.0172. The first-order valence-electron chi connectivity index (χ1n) is 7.65. The lowest BCUT2D eigenvalue weighted by Gasteiger charge is -2.11. The molecule has 0 atom stereocenters. The van der Waals surface area contributed by atoms with E-state index in [9.17, 15) is 9.59 Å². The average molecular weight is 339 g/mol. The number of aryl methyl sites for hydroxylation is 3. The van der Waals surface area contributed by atoms with Gasteiger partial charge in [0.25, 0.3) is 5.91 Å². The van der Waals surface area contributed by atoms with E-state index < -0.39 is 5.91 Å². The van der Waals surface area contributed by atoms with E-state index in [1.807, 2.05) is 32.9 Å². The van der Waals surface area contributed by atoms with Crippen LogP contribution in [0.4, 0.5) is 0 Å². The van der Waals surface area contributed by atoms with E-state index in [0.29, 0.717) is 5.56 Å². The van der Waals surface area contributed by atoms with Crippen molar-refractivity contribution in [2.24, 2.45) is 5.73 Å². The van der Waals surface area contributed by atoms with E-state index in [1.165, 1.54) is 0 Å². The topological polar surface area (TPSA) is 124 Å². The molecule has 0 fully saturated rings. The summed E-state index contributed by atoms with van der Waals surface area (Å²) in [6.45, 7) is 5.85. The van der Waals surface area contributed by atoms with Crippen molar-refractivity contribution in [3.05, 3.63) is 52.3 Å². The second-order valence-electron chi connectivity index (χ2n) is 5.78. The molecule has 0 saturated carbocycles. The first kappa shape index (κ1) is 16.6. The molecule has 0 radical (unpaired) electrons. The molecule has 8 nitrogen and oxygen atoms in total. The van der Waals surface area contributed by atoms with Gasteiger partial charge in [0.15, 0.2) is 5.82 Å². The van der Waals surface area contributed by atoms with E-state index in [4.69, 9.17) is 5.73 Å². The third kappa shape index (κ3) is 3.18. The highest BCUT2D eigenvalue weighted by atomic mass is 16.5. The number of rotatable bonds is 4. The average Bonchev–Trinajstić information content (AvgIpc) is 3.05. The smallest absolute Gasteiger partial charge is 0.315 e. The molecule has 0 saturated heterocycles. The summed E-state index contributed by atoms with van der Waals surface area (Å²) in [6.07, 6.45) is 0. The minimum Gasteiger partial charge on any atom is -0.361 e. The van der Waals surface area contributed by atoms with Gasteiger partial charge in [0.05, 0.1) is 17.6 Å². The number of benzene rings is 1. The van der Waals surface area contributed by atoms with E-state index in [2.05, 4.69) is 25.0 Å². The van der Waals surface area contributed by atoms with Crippen molar-refractivity contribution in [1.82, 2.24) is 20.4 Å².